The highest BCUT2D eigenvalue weighted by Crippen LogP contribution is 2.25. The van der Waals surface area contributed by atoms with Crippen molar-refractivity contribution in [1.29, 1.82) is 0 Å². The first-order valence-electron chi connectivity index (χ1n) is 8.12. The Hall–Kier alpha value is -1.30. The number of hydrogen-bond donors (Lipinski definition) is 3. The van der Waals surface area contributed by atoms with Crippen molar-refractivity contribution in [2.45, 2.75) is 50.5 Å². The van der Waals surface area contributed by atoms with Gasteiger partial charge in [0.1, 0.15) is 0 Å². The van der Waals surface area contributed by atoms with Crippen molar-refractivity contribution in [1.82, 2.24) is 5.32 Å². The van der Waals surface area contributed by atoms with E-state index >= 15 is 0 Å². The van der Waals surface area contributed by atoms with Gasteiger partial charge < -0.3 is 16.4 Å². The van der Waals surface area contributed by atoms with Gasteiger partial charge in [-0.05, 0) is 43.5 Å². The van der Waals surface area contributed by atoms with Gasteiger partial charge in [0.05, 0.1) is 5.54 Å². The minimum Gasteiger partial charge on any atom is -0.354 e. The van der Waals surface area contributed by atoms with Gasteiger partial charge in [-0.3, -0.25) is 9.59 Å². The molecule has 1 aliphatic rings. The van der Waals surface area contributed by atoms with Gasteiger partial charge in [-0.15, -0.1) is 12.4 Å². The summed E-state index contributed by atoms with van der Waals surface area (Å²) in [6.45, 7) is 0.464. The molecule has 0 saturated heterocycles. The minimum atomic E-state index is -0.718. The van der Waals surface area contributed by atoms with Crippen molar-refractivity contribution in [3.05, 3.63) is 29.3 Å². The molecule has 2 rings (SSSR count). The van der Waals surface area contributed by atoms with Crippen LogP contribution in [0, 0.1) is 0 Å². The Morgan fingerprint density at radius 3 is 2.38 bits per heavy atom. The number of benzene rings is 1. The fourth-order valence-corrected chi connectivity index (χ4v) is 2.92. The monoisotopic (exact) mass is 373 g/mol. The van der Waals surface area contributed by atoms with Crippen LogP contribution in [0.4, 0.5) is 5.69 Å². The van der Waals surface area contributed by atoms with Crippen molar-refractivity contribution >= 4 is 41.5 Å². The number of carbonyl (C=O) groups is 2. The molecule has 0 unspecified atom stereocenters. The summed E-state index contributed by atoms with van der Waals surface area (Å²) in [5.74, 6) is -0.169. The number of nitrogens with two attached hydrogens (primary N) is 1. The lowest BCUT2D eigenvalue weighted by atomic mass is 9.82. The van der Waals surface area contributed by atoms with Crippen LogP contribution in [-0.4, -0.2) is 23.9 Å². The summed E-state index contributed by atoms with van der Waals surface area (Å²) in [7, 11) is 0. The van der Waals surface area contributed by atoms with E-state index in [2.05, 4.69) is 10.6 Å². The smallest absolute Gasteiger partial charge is 0.240 e. The van der Waals surface area contributed by atoms with E-state index in [9.17, 15) is 9.59 Å². The second kappa shape index (κ2) is 9.87. The van der Waals surface area contributed by atoms with Crippen molar-refractivity contribution in [3.8, 4) is 0 Å². The van der Waals surface area contributed by atoms with Crippen LogP contribution < -0.4 is 16.4 Å². The highest BCUT2D eigenvalue weighted by atomic mass is 35.5. The number of carbonyl (C=O) groups excluding carboxylic acids is 2. The lowest BCUT2D eigenvalue weighted by Crippen LogP contribution is -2.55. The van der Waals surface area contributed by atoms with Gasteiger partial charge in [-0.25, -0.2) is 0 Å². The van der Waals surface area contributed by atoms with E-state index < -0.39 is 5.54 Å². The SMILES string of the molecule is Cl.NC1(C(=O)NCCCC(=O)Nc2ccc(Cl)cc2)CCCCC1. The number of nitrogens with one attached hydrogen (secondary N) is 2. The molecular weight excluding hydrogens is 349 g/mol. The zero-order chi connectivity index (χ0) is 16.7. The zero-order valence-corrected chi connectivity index (χ0v) is 15.2. The highest BCUT2D eigenvalue weighted by Gasteiger charge is 2.34. The maximum Gasteiger partial charge on any atom is 0.240 e. The first-order chi connectivity index (χ1) is 11.0. The van der Waals surface area contributed by atoms with Crippen LogP contribution in [0.2, 0.25) is 5.02 Å². The third-order valence-corrected chi connectivity index (χ3v) is 4.44. The summed E-state index contributed by atoms with van der Waals surface area (Å²) < 4.78 is 0. The van der Waals surface area contributed by atoms with Gasteiger partial charge in [0.15, 0.2) is 0 Å². The molecule has 134 valence electrons. The molecule has 1 aromatic rings. The molecular formula is C17H25Cl2N3O2. The Balaban J connectivity index is 0.00000288. The number of anilines is 1. The lowest BCUT2D eigenvalue weighted by molar-refractivity contribution is -0.127. The Morgan fingerprint density at radius 1 is 1.12 bits per heavy atom. The van der Waals surface area contributed by atoms with E-state index in [4.69, 9.17) is 17.3 Å². The van der Waals surface area contributed by atoms with Crippen LogP contribution in [0.5, 0.6) is 0 Å². The van der Waals surface area contributed by atoms with Gasteiger partial charge in [0.2, 0.25) is 11.8 Å². The molecule has 1 fully saturated rings. The van der Waals surface area contributed by atoms with E-state index in [-0.39, 0.29) is 24.2 Å². The largest absolute Gasteiger partial charge is 0.354 e. The van der Waals surface area contributed by atoms with Crippen LogP contribution in [0.3, 0.4) is 0 Å². The molecule has 0 heterocycles. The first-order valence-corrected chi connectivity index (χ1v) is 8.50. The molecule has 0 spiro atoms. The van der Waals surface area contributed by atoms with Gasteiger partial charge in [-0.1, -0.05) is 30.9 Å². The van der Waals surface area contributed by atoms with Crippen LogP contribution in [0.25, 0.3) is 0 Å². The normalized spacial score (nSPS) is 15.9. The number of rotatable bonds is 6. The molecule has 0 atom stereocenters. The van der Waals surface area contributed by atoms with Gasteiger partial charge >= 0.3 is 0 Å². The Morgan fingerprint density at radius 2 is 1.75 bits per heavy atom. The molecule has 7 heteroatoms. The van der Waals surface area contributed by atoms with Crippen LogP contribution >= 0.6 is 24.0 Å². The number of amides is 2. The van der Waals surface area contributed by atoms with E-state index in [1.807, 2.05) is 0 Å². The minimum absolute atomic E-state index is 0. The Kier molecular flexibility index (Phi) is 8.53. The summed E-state index contributed by atoms with van der Waals surface area (Å²) in [6.07, 6.45) is 5.59. The van der Waals surface area contributed by atoms with Gasteiger partial charge in [0, 0.05) is 23.7 Å². The van der Waals surface area contributed by atoms with E-state index in [1.54, 1.807) is 24.3 Å². The van der Waals surface area contributed by atoms with E-state index in [1.165, 1.54) is 0 Å². The maximum atomic E-state index is 12.1. The van der Waals surface area contributed by atoms with Crippen molar-refractivity contribution < 1.29 is 9.59 Å². The quantitative estimate of drug-likeness (QED) is 0.669. The molecule has 1 saturated carbocycles. The molecule has 1 aliphatic carbocycles. The number of halogens is 2. The van der Waals surface area contributed by atoms with Crippen LogP contribution in [0.1, 0.15) is 44.9 Å². The zero-order valence-electron chi connectivity index (χ0n) is 13.6. The molecule has 0 bridgehead atoms. The summed E-state index contributed by atoms with van der Waals surface area (Å²) in [5.41, 5.74) is 6.15. The summed E-state index contributed by atoms with van der Waals surface area (Å²) in [5, 5.41) is 6.28. The van der Waals surface area contributed by atoms with Crippen LogP contribution in [0.15, 0.2) is 24.3 Å². The standard InChI is InChI=1S/C17H24ClN3O2.ClH/c18-13-6-8-14(9-7-13)21-15(22)5-4-12-20-16(23)17(19)10-2-1-3-11-17;/h6-9H,1-5,10-12,19H2,(H,20,23)(H,21,22);1H. The van der Waals surface area contributed by atoms with Gasteiger partial charge in [-0.2, -0.15) is 0 Å². The molecule has 2 amide bonds. The molecule has 24 heavy (non-hydrogen) atoms. The third-order valence-electron chi connectivity index (χ3n) is 4.19. The van der Waals surface area contributed by atoms with Crippen molar-refractivity contribution in [3.63, 3.8) is 0 Å². The average molecular weight is 374 g/mol. The predicted molar refractivity (Wildman–Crippen MR) is 99.6 cm³/mol. The molecule has 0 radical (unpaired) electrons. The van der Waals surface area contributed by atoms with Crippen LogP contribution in [-0.2, 0) is 9.59 Å². The van der Waals surface area contributed by atoms with Crippen molar-refractivity contribution in [2.75, 3.05) is 11.9 Å². The fraction of sp³-hybridized carbons (Fsp3) is 0.529. The maximum absolute atomic E-state index is 12.1. The second-order valence-corrected chi connectivity index (χ2v) is 6.57. The van der Waals surface area contributed by atoms with E-state index in [0.717, 1.165) is 32.1 Å². The molecule has 5 nitrogen and oxygen atoms in total. The highest BCUT2D eigenvalue weighted by molar-refractivity contribution is 6.30. The topological polar surface area (TPSA) is 84.2 Å². The Labute approximate surface area is 154 Å². The summed E-state index contributed by atoms with van der Waals surface area (Å²) in [4.78, 5) is 24.0. The molecule has 1 aromatic carbocycles. The fourth-order valence-electron chi connectivity index (χ4n) is 2.79. The van der Waals surface area contributed by atoms with E-state index in [0.29, 0.717) is 30.1 Å². The van der Waals surface area contributed by atoms with Gasteiger partial charge in [0.25, 0.3) is 0 Å². The lowest BCUT2D eigenvalue weighted by Gasteiger charge is -2.31. The second-order valence-electron chi connectivity index (χ2n) is 6.13. The third kappa shape index (κ3) is 6.30. The molecule has 0 aliphatic heterocycles. The first kappa shape index (κ1) is 20.7. The van der Waals surface area contributed by atoms with Crippen molar-refractivity contribution in [2.24, 2.45) is 5.73 Å². The predicted octanol–water partition coefficient (Wildman–Crippen LogP) is 3.26. The summed E-state index contributed by atoms with van der Waals surface area (Å²) >= 11 is 5.79. The Bertz CT molecular complexity index is 543. The average Bonchev–Trinajstić information content (AvgIpc) is 2.54. The number of hydrogen-bond acceptors (Lipinski definition) is 3. The molecule has 0 aromatic heterocycles. The summed E-state index contributed by atoms with van der Waals surface area (Å²) in [6, 6.07) is 6.96. The molecule has 4 N–H and O–H groups in total.